The third kappa shape index (κ3) is 8.63. The molecule has 3 atom stereocenters. The van der Waals surface area contributed by atoms with E-state index in [1.54, 1.807) is 0 Å². The Morgan fingerprint density at radius 1 is 0.378 bits per heavy atom. The summed E-state index contributed by atoms with van der Waals surface area (Å²) in [6.45, 7) is 0. The van der Waals surface area contributed by atoms with Crippen LogP contribution in [0.4, 0.5) is 0 Å². The first-order valence-electron chi connectivity index (χ1n) is 28.2. The van der Waals surface area contributed by atoms with Gasteiger partial charge in [-0.2, -0.15) is 0 Å². The van der Waals surface area contributed by atoms with E-state index in [0.29, 0.717) is 0 Å². The average Bonchev–Trinajstić information content (AvgIpc) is 3.62. The second kappa shape index (κ2) is 22.5. The molecule has 0 N–H and O–H groups in total. The van der Waals surface area contributed by atoms with Crippen LogP contribution >= 0.6 is 10.9 Å². The van der Waals surface area contributed by atoms with Gasteiger partial charge in [-0.1, -0.05) is 334 Å². The van der Waals surface area contributed by atoms with Crippen molar-refractivity contribution in [2.75, 3.05) is 0 Å². The van der Waals surface area contributed by atoms with Gasteiger partial charge >= 0.3 is 5.97 Å². The molecule has 2 heterocycles. The number of benzene rings is 11. The number of esters is 1. The van der Waals surface area contributed by atoms with Gasteiger partial charge in [-0.15, -0.1) is 0 Å². The van der Waals surface area contributed by atoms with E-state index in [1.807, 2.05) is 65.6 Å². The molecular weight excluding hydrogens is 1020 g/mol. The summed E-state index contributed by atoms with van der Waals surface area (Å²) in [5.74, 6) is -0.710. The van der Waals surface area contributed by atoms with Crippen molar-refractivity contribution in [1.82, 2.24) is 4.90 Å². The number of carbonyl (C=O) groups excluding carboxylic acids is 2. The molecule has 0 aliphatic carbocycles. The number of amides is 1. The summed E-state index contributed by atoms with van der Waals surface area (Å²) >= 11 is 0. The predicted octanol–water partition coefficient (Wildman–Crippen LogP) is 16.6. The maximum atomic E-state index is 17.4. The molecule has 1 amide bonds. The number of hydrogen-bond acceptors (Lipinski definition) is 3. The molecule has 4 nitrogen and oxygen atoms in total. The summed E-state index contributed by atoms with van der Waals surface area (Å²) in [4.78, 5) is 35.4. The highest BCUT2D eigenvalue weighted by molar-refractivity contribution is 8.19. The smallest absolute Gasteiger partial charge is 0.356 e. The van der Waals surface area contributed by atoms with Crippen molar-refractivity contribution in [1.29, 1.82) is 0 Å². The van der Waals surface area contributed by atoms with E-state index in [2.05, 4.69) is 273 Å². The highest BCUT2D eigenvalue weighted by Gasteiger charge is 2.67. The van der Waals surface area contributed by atoms with Crippen LogP contribution in [0.1, 0.15) is 73.7 Å². The molecule has 2 aliphatic rings. The lowest BCUT2D eigenvalue weighted by atomic mass is 9.56. The van der Waals surface area contributed by atoms with Crippen molar-refractivity contribution in [2.45, 2.75) is 38.7 Å². The van der Waals surface area contributed by atoms with Crippen LogP contribution in [0.3, 0.4) is 0 Å². The molecule has 1 fully saturated rings. The van der Waals surface area contributed by atoms with Crippen LogP contribution in [0.15, 0.2) is 345 Å². The number of fused-ring (bicyclic) bond motifs is 1. The van der Waals surface area contributed by atoms with Gasteiger partial charge < -0.3 is 4.74 Å². The monoisotopic (exact) mass is 1080 g/mol. The van der Waals surface area contributed by atoms with Crippen molar-refractivity contribution >= 4 is 22.8 Å². The van der Waals surface area contributed by atoms with Gasteiger partial charge in [-0.25, -0.2) is 15.7 Å². The normalized spacial score (nSPS) is 16.7. The van der Waals surface area contributed by atoms with Crippen molar-refractivity contribution in [3.05, 3.63) is 406 Å². The lowest BCUT2D eigenvalue weighted by Crippen LogP contribution is -2.65. The number of rotatable bonds is 16. The van der Waals surface area contributed by atoms with Gasteiger partial charge in [0.1, 0.15) is 5.70 Å². The van der Waals surface area contributed by atoms with Gasteiger partial charge in [-0.05, 0) is 66.8 Å². The molecule has 13 rings (SSSR count). The molecule has 11 aromatic rings. The second-order valence-corrected chi connectivity index (χ2v) is 23.8. The highest BCUT2D eigenvalue weighted by atomic mass is 32.2. The van der Waals surface area contributed by atoms with Crippen LogP contribution in [0.5, 0.6) is 0 Å². The Hall–Kier alpha value is -9.55. The molecule has 0 radical (unpaired) electrons. The molecule has 0 bridgehead atoms. The minimum Gasteiger partial charge on any atom is -0.448 e. The molecule has 11 aromatic carbocycles. The van der Waals surface area contributed by atoms with E-state index in [9.17, 15) is 0 Å². The number of carbonyl (C=O) groups is 2. The fourth-order valence-electron chi connectivity index (χ4n) is 13.7. The van der Waals surface area contributed by atoms with E-state index < -0.39 is 49.2 Å². The molecule has 0 spiro atoms. The van der Waals surface area contributed by atoms with Crippen LogP contribution in [0.2, 0.25) is 0 Å². The van der Waals surface area contributed by atoms with Crippen LogP contribution in [0.25, 0.3) is 0 Å². The maximum Gasteiger partial charge on any atom is 0.356 e. The van der Waals surface area contributed by atoms with Gasteiger partial charge in [0.15, 0.2) is 6.10 Å². The van der Waals surface area contributed by atoms with Gasteiger partial charge in [-0.3, -0.25) is 9.69 Å². The summed E-state index contributed by atoms with van der Waals surface area (Å²) in [6, 6.07) is 118. The topological polar surface area (TPSA) is 46.6 Å². The van der Waals surface area contributed by atoms with Crippen LogP contribution in [0, 0.1) is 0 Å². The van der Waals surface area contributed by atoms with E-state index in [4.69, 9.17) is 4.74 Å². The third-order valence-electron chi connectivity index (χ3n) is 17.0. The van der Waals surface area contributed by atoms with Gasteiger partial charge in [0, 0.05) is 5.25 Å². The second-order valence-electron chi connectivity index (χ2n) is 21.2. The van der Waals surface area contributed by atoms with E-state index in [-0.39, 0.29) is 18.0 Å². The van der Waals surface area contributed by atoms with Crippen molar-refractivity contribution in [2.24, 2.45) is 0 Å². The summed E-state index contributed by atoms with van der Waals surface area (Å²) in [5, 5.41) is -1.18. The first kappa shape index (κ1) is 51.9. The number of ether oxygens (including phenoxy) is 1. The van der Waals surface area contributed by atoms with Crippen LogP contribution < -0.4 is 0 Å². The lowest BCUT2D eigenvalue weighted by Gasteiger charge is -2.66. The number of nitrogens with zero attached hydrogens (tertiary/aromatic N) is 1. The molecule has 398 valence electrons. The minimum atomic E-state index is -1.81. The van der Waals surface area contributed by atoms with E-state index in [1.165, 1.54) is 0 Å². The molecule has 0 saturated carbocycles. The van der Waals surface area contributed by atoms with Crippen LogP contribution in [-0.2, 0) is 29.9 Å². The molecule has 2 aliphatic heterocycles. The summed E-state index contributed by atoms with van der Waals surface area (Å²) in [5.41, 5.74) is 9.48. The number of thiol groups is 1. The Morgan fingerprint density at radius 3 is 0.939 bits per heavy atom. The highest BCUT2D eigenvalue weighted by Crippen LogP contribution is 2.75. The zero-order chi connectivity index (χ0) is 55.4. The van der Waals surface area contributed by atoms with Crippen molar-refractivity contribution in [3.63, 3.8) is 0 Å². The molecule has 82 heavy (non-hydrogen) atoms. The quantitative estimate of drug-likeness (QED) is 0.0454. The standard InChI is InChI=1S/C77H61NO3S/c79-68-56-69-78(68)71(74(80)81-72(57-34-12-1-13-35-57)58-36-14-2-15-37-58)70(75(59-38-16-3-17-39-59,60-40-18-4-19-41-60)61-42-20-5-21-43-61)73(76(62-44-22-6-23-45-62,63-46-24-7-25-47-63)64-48-26-8-27-49-64)82(69)77(65-50-28-9-29-51-65,66-52-30-10-31-53-66)67-54-32-11-33-55-67/h1-55,69,72-73,82H,56H2. The Balaban J connectivity index is 1.32. The molecule has 3 unspecified atom stereocenters. The Bertz CT molecular complexity index is 3620. The third-order valence-corrected chi connectivity index (χ3v) is 20.8. The first-order chi connectivity index (χ1) is 40.6. The fraction of sp³-hybridized carbons (Fsp3) is 0.0909. The Kier molecular flexibility index (Phi) is 14.3. The van der Waals surface area contributed by atoms with Crippen LogP contribution in [-0.4, -0.2) is 27.4 Å². The molecular formula is C77H61NO3S. The van der Waals surface area contributed by atoms with Gasteiger partial charge in [0.05, 0.1) is 27.4 Å². The zero-order valence-electron chi connectivity index (χ0n) is 45.3. The van der Waals surface area contributed by atoms with Crippen molar-refractivity contribution in [3.8, 4) is 0 Å². The van der Waals surface area contributed by atoms with Gasteiger partial charge in [0.25, 0.3) is 0 Å². The lowest BCUT2D eigenvalue weighted by molar-refractivity contribution is -0.152. The average molecular weight is 1080 g/mol. The summed E-state index contributed by atoms with van der Waals surface area (Å²) in [6.07, 6.45) is -0.635. The Labute approximate surface area is 484 Å². The molecule has 5 heteroatoms. The zero-order valence-corrected chi connectivity index (χ0v) is 46.2. The number of β-lactam (4-membered cyclic amide) rings is 1. The SMILES string of the molecule is O=C(OC(c1ccccc1)c1ccccc1)C1=C(C(c2ccccc2)(c2ccccc2)c2ccccc2)C(C(c2ccccc2)(c2ccccc2)c2ccccc2)[SH](C(c2ccccc2)(c2ccccc2)c2ccccc2)C2CC(=O)N12. The maximum absolute atomic E-state index is 17.4. The largest absolute Gasteiger partial charge is 0.448 e. The first-order valence-corrected chi connectivity index (χ1v) is 29.7. The molecule has 0 aromatic heterocycles. The molecule has 1 saturated heterocycles. The van der Waals surface area contributed by atoms with E-state index >= 15 is 9.59 Å². The minimum absolute atomic E-state index is 0.132. The number of hydrogen-bond donors (Lipinski definition) is 1. The van der Waals surface area contributed by atoms with E-state index in [0.717, 1.165) is 66.8 Å². The summed E-state index contributed by atoms with van der Waals surface area (Å²) < 4.78 is 6.40. The van der Waals surface area contributed by atoms with Crippen molar-refractivity contribution < 1.29 is 14.3 Å². The fourth-order valence-corrected chi connectivity index (χ4v) is 18.6. The predicted molar refractivity (Wildman–Crippen MR) is 333 cm³/mol. The summed E-state index contributed by atoms with van der Waals surface area (Å²) in [7, 11) is -1.81. The Morgan fingerprint density at radius 2 is 0.646 bits per heavy atom. The van der Waals surface area contributed by atoms with Gasteiger partial charge in [0.2, 0.25) is 5.91 Å².